The quantitative estimate of drug-likeness (QED) is 0.598. The van der Waals surface area contributed by atoms with Gasteiger partial charge in [0.05, 0.1) is 30.3 Å². The third kappa shape index (κ3) is 4.16. The van der Waals surface area contributed by atoms with Gasteiger partial charge >= 0.3 is 0 Å². The van der Waals surface area contributed by atoms with E-state index in [-0.39, 0.29) is 5.56 Å². The summed E-state index contributed by atoms with van der Waals surface area (Å²) in [5, 5.41) is 4.88. The van der Waals surface area contributed by atoms with Crippen molar-refractivity contribution in [1.29, 1.82) is 0 Å². The summed E-state index contributed by atoms with van der Waals surface area (Å²) in [6.07, 6.45) is 2.54. The smallest absolute Gasteiger partial charge is 0.282 e. The number of aromatic nitrogens is 2. The Balaban J connectivity index is 1.95. The second-order valence-electron chi connectivity index (χ2n) is 6.03. The van der Waals surface area contributed by atoms with Crippen LogP contribution in [0.25, 0.3) is 10.9 Å². The zero-order valence-electron chi connectivity index (χ0n) is 15.8. The lowest BCUT2D eigenvalue weighted by molar-refractivity contribution is 0.277. The summed E-state index contributed by atoms with van der Waals surface area (Å²) in [5.74, 6) is 1.90. The molecule has 140 valence electrons. The van der Waals surface area contributed by atoms with Crippen LogP contribution in [0.15, 0.2) is 52.4 Å². The summed E-state index contributed by atoms with van der Waals surface area (Å²) in [7, 11) is 0. The van der Waals surface area contributed by atoms with E-state index in [2.05, 4.69) is 17.0 Å². The molecule has 1 aromatic heterocycles. The molecule has 0 fully saturated rings. The highest BCUT2D eigenvalue weighted by Gasteiger charge is 2.08. The molecule has 1 heterocycles. The van der Waals surface area contributed by atoms with Crippen LogP contribution in [0.1, 0.15) is 31.7 Å². The molecule has 0 radical (unpaired) electrons. The standard InChI is InChI=1S/C21H23N3O3/c1-4-12-27-19-11-10-16(13-20(19)26-5-2)14-22-24-15(3)23-18-9-7-6-8-17(18)21(24)25/h6-11,13-14H,4-5,12H2,1-3H3. The third-order valence-electron chi connectivity index (χ3n) is 3.97. The van der Waals surface area contributed by atoms with Crippen LogP contribution in [0.2, 0.25) is 0 Å². The monoisotopic (exact) mass is 365 g/mol. The lowest BCUT2D eigenvalue weighted by Gasteiger charge is -2.12. The number of benzene rings is 2. The molecule has 0 bridgehead atoms. The van der Waals surface area contributed by atoms with Crippen LogP contribution in [0.4, 0.5) is 0 Å². The molecule has 0 aliphatic heterocycles. The Labute approximate surface area is 158 Å². The van der Waals surface area contributed by atoms with Crippen LogP contribution < -0.4 is 15.0 Å². The molecule has 0 unspecified atom stereocenters. The largest absolute Gasteiger partial charge is 0.490 e. The molecule has 0 aliphatic carbocycles. The lowest BCUT2D eigenvalue weighted by Crippen LogP contribution is -2.20. The average molecular weight is 365 g/mol. The number of nitrogens with zero attached hydrogens (tertiary/aromatic N) is 3. The van der Waals surface area contributed by atoms with E-state index in [1.807, 2.05) is 43.3 Å². The fourth-order valence-corrected chi connectivity index (χ4v) is 2.70. The first-order valence-corrected chi connectivity index (χ1v) is 9.06. The SMILES string of the molecule is CCCOc1ccc(C=Nn2c(C)nc3ccccc3c2=O)cc1OCC. The van der Waals surface area contributed by atoms with Gasteiger partial charge in [0.2, 0.25) is 0 Å². The van der Waals surface area contributed by atoms with Crippen molar-refractivity contribution >= 4 is 17.1 Å². The first-order chi connectivity index (χ1) is 13.1. The Morgan fingerprint density at radius 2 is 1.93 bits per heavy atom. The number of fused-ring (bicyclic) bond motifs is 1. The number of para-hydroxylation sites is 1. The summed E-state index contributed by atoms with van der Waals surface area (Å²) in [6.45, 7) is 6.91. The van der Waals surface area contributed by atoms with Crippen LogP contribution in [0.3, 0.4) is 0 Å². The fraction of sp³-hybridized carbons (Fsp3) is 0.286. The summed E-state index contributed by atoms with van der Waals surface area (Å²) in [5.41, 5.74) is 1.28. The molecule has 0 saturated heterocycles. The van der Waals surface area contributed by atoms with Crippen LogP contribution in [-0.4, -0.2) is 29.1 Å². The predicted octanol–water partition coefficient (Wildman–Crippen LogP) is 3.77. The van der Waals surface area contributed by atoms with E-state index in [0.29, 0.717) is 41.4 Å². The third-order valence-corrected chi connectivity index (χ3v) is 3.97. The van der Waals surface area contributed by atoms with Gasteiger partial charge in [-0.15, -0.1) is 0 Å². The number of hydrogen-bond donors (Lipinski definition) is 0. The first kappa shape index (κ1) is 18.6. The molecule has 0 aliphatic rings. The van der Waals surface area contributed by atoms with E-state index >= 15 is 0 Å². The van der Waals surface area contributed by atoms with Crippen LogP contribution >= 0.6 is 0 Å². The molecule has 2 aromatic carbocycles. The number of aryl methyl sites for hydroxylation is 1. The second kappa shape index (κ2) is 8.49. The van der Waals surface area contributed by atoms with Gasteiger partial charge in [0.15, 0.2) is 11.5 Å². The van der Waals surface area contributed by atoms with E-state index in [1.165, 1.54) is 4.68 Å². The summed E-state index contributed by atoms with van der Waals surface area (Å²) < 4.78 is 12.7. The van der Waals surface area contributed by atoms with Crippen molar-refractivity contribution in [1.82, 2.24) is 9.66 Å². The molecular formula is C21H23N3O3. The van der Waals surface area contributed by atoms with E-state index in [0.717, 1.165) is 12.0 Å². The lowest BCUT2D eigenvalue weighted by atomic mass is 10.2. The Kier molecular flexibility index (Phi) is 5.86. The van der Waals surface area contributed by atoms with Crippen LogP contribution in [-0.2, 0) is 0 Å². The minimum Gasteiger partial charge on any atom is -0.490 e. The number of hydrogen-bond acceptors (Lipinski definition) is 5. The van der Waals surface area contributed by atoms with Crippen molar-refractivity contribution in [3.05, 3.63) is 64.2 Å². The Morgan fingerprint density at radius 3 is 2.70 bits per heavy atom. The molecule has 3 rings (SSSR count). The summed E-state index contributed by atoms with van der Waals surface area (Å²) >= 11 is 0. The predicted molar refractivity (Wildman–Crippen MR) is 107 cm³/mol. The van der Waals surface area contributed by atoms with Crippen molar-refractivity contribution < 1.29 is 9.47 Å². The molecule has 3 aromatic rings. The van der Waals surface area contributed by atoms with E-state index in [4.69, 9.17) is 9.47 Å². The maximum Gasteiger partial charge on any atom is 0.282 e. The van der Waals surface area contributed by atoms with Crippen molar-refractivity contribution in [2.24, 2.45) is 5.10 Å². The molecule has 0 atom stereocenters. The minimum absolute atomic E-state index is 0.192. The maximum atomic E-state index is 12.7. The van der Waals surface area contributed by atoms with Gasteiger partial charge in [-0.25, -0.2) is 4.98 Å². The van der Waals surface area contributed by atoms with Crippen molar-refractivity contribution in [3.8, 4) is 11.5 Å². The Morgan fingerprint density at radius 1 is 1.11 bits per heavy atom. The summed E-state index contributed by atoms with van der Waals surface area (Å²) in [6, 6.07) is 12.8. The van der Waals surface area contributed by atoms with Crippen molar-refractivity contribution in [2.45, 2.75) is 27.2 Å². The van der Waals surface area contributed by atoms with E-state index in [1.54, 1.807) is 19.2 Å². The highest BCUT2D eigenvalue weighted by Crippen LogP contribution is 2.28. The number of rotatable bonds is 7. The fourth-order valence-electron chi connectivity index (χ4n) is 2.70. The topological polar surface area (TPSA) is 65.7 Å². The van der Waals surface area contributed by atoms with Gasteiger partial charge in [0.1, 0.15) is 5.82 Å². The molecule has 27 heavy (non-hydrogen) atoms. The molecule has 0 spiro atoms. The molecule has 0 N–H and O–H groups in total. The Bertz CT molecular complexity index is 1020. The van der Waals surface area contributed by atoms with Gasteiger partial charge in [-0.1, -0.05) is 19.1 Å². The van der Waals surface area contributed by atoms with Crippen LogP contribution in [0, 0.1) is 6.92 Å². The van der Waals surface area contributed by atoms with E-state index in [9.17, 15) is 4.79 Å². The average Bonchev–Trinajstić information content (AvgIpc) is 2.67. The normalized spacial score (nSPS) is 11.2. The summed E-state index contributed by atoms with van der Waals surface area (Å²) in [4.78, 5) is 17.1. The van der Waals surface area contributed by atoms with Gasteiger partial charge < -0.3 is 9.47 Å². The van der Waals surface area contributed by atoms with Crippen LogP contribution in [0.5, 0.6) is 11.5 Å². The first-order valence-electron chi connectivity index (χ1n) is 9.06. The second-order valence-corrected chi connectivity index (χ2v) is 6.03. The van der Waals surface area contributed by atoms with Gasteiger partial charge in [0.25, 0.3) is 5.56 Å². The zero-order valence-corrected chi connectivity index (χ0v) is 15.8. The molecule has 6 nitrogen and oxygen atoms in total. The highest BCUT2D eigenvalue weighted by molar-refractivity contribution is 5.81. The van der Waals surface area contributed by atoms with Crippen molar-refractivity contribution in [2.75, 3.05) is 13.2 Å². The molecule has 0 amide bonds. The van der Waals surface area contributed by atoms with Gasteiger partial charge in [0, 0.05) is 0 Å². The van der Waals surface area contributed by atoms with Gasteiger partial charge in [-0.05, 0) is 56.2 Å². The van der Waals surface area contributed by atoms with E-state index < -0.39 is 0 Å². The number of ether oxygens (including phenoxy) is 2. The zero-order chi connectivity index (χ0) is 19.2. The maximum absolute atomic E-state index is 12.7. The molecule has 6 heteroatoms. The Hall–Kier alpha value is -3.15. The molecular weight excluding hydrogens is 342 g/mol. The van der Waals surface area contributed by atoms with Gasteiger partial charge in [-0.2, -0.15) is 9.78 Å². The highest BCUT2D eigenvalue weighted by atomic mass is 16.5. The molecule has 0 saturated carbocycles. The minimum atomic E-state index is -0.192. The van der Waals surface area contributed by atoms with Crippen molar-refractivity contribution in [3.63, 3.8) is 0 Å². The van der Waals surface area contributed by atoms with Gasteiger partial charge in [-0.3, -0.25) is 4.79 Å².